The van der Waals surface area contributed by atoms with Gasteiger partial charge in [-0.3, -0.25) is 0 Å². The molecule has 0 spiro atoms. The van der Waals surface area contributed by atoms with Crippen LogP contribution in [-0.4, -0.2) is 12.6 Å². The average molecular weight is 239 g/mol. The van der Waals surface area contributed by atoms with E-state index in [1.54, 1.807) is 0 Å². The molecule has 0 atom stereocenters. The Morgan fingerprint density at radius 1 is 1.29 bits per heavy atom. The molecule has 0 saturated carbocycles. The van der Waals surface area contributed by atoms with E-state index in [4.69, 9.17) is 9.15 Å². The standard InChI is InChI=1S/C14H25NO2/c1-10(2)7-15-8-13-6-14(17-12(13)5)9-16-11(3)4/h6,10-11,15H,7-9H2,1-5H3. The van der Waals surface area contributed by atoms with Crippen LogP contribution in [0.25, 0.3) is 0 Å². The van der Waals surface area contributed by atoms with Crippen LogP contribution in [0.4, 0.5) is 0 Å². The molecule has 3 nitrogen and oxygen atoms in total. The highest BCUT2D eigenvalue weighted by Crippen LogP contribution is 2.16. The summed E-state index contributed by atoms with van der Waals surface area (Å²) >= 11 is 0. The fourth-order valence-corrected chi connectivity index (χ4v) is 1.58. The Bertz CT molecular complexity index is 329. The van der Waals surface area contributed by atoms with Crippen molar-refractivity contribution in [2.24, 2.45) is 5.92 Å². The van der Waals surface area contributed by atoms with E-state index in [1.807, 2.05) is 20.8 Å². The SMILES string of the molecule is Cc1oc(COC(C)C)cc1CNCC(C)C. The fraction of sp³-hybridized carbons (Fsp3) is 0.714. The van der Waals surface area contributed by atoms with E-state index in [0.717, 1.165) is 24.6 Å². The second kappa shape index (κ2) is 6.82. The van der Waals surface area contributed by atoms with Crippen molar-refractivity contribution in [1.82, 2.24) is 5.32 Å². The summed E-state index contributed by atoms with van der Waals surface area (Å²) in [7, 11) is 0. The number of rotatable bonds is 7. The monoisotopic (exact) mass is 239 g/mol. The zero-order chi connectivity index (χ0) is 12.8. The average Bonchev–Trinajstić information content (AvgIpc) is 2.56. The molecule has 98 valence electrons. The van der Waals surface area contributed by atoms with Gasteiger partial charge in [-0.1, -0.05) is 13.8 Å². The lowest BCUT2D eigenvalue weighted by molar-refractivity contribution is 0.0541. The summed E-state index contributed by atoms with van der Waals surface area (Å²) in [6.07, 6.45) is 0.239. The number of hydrogen-bond donors (Lipinski definition) is 1. The van der Waals surface area contributed by atoms with E-state index in [2.05, 4.69) is 25.2 Å². The lowest BCUT2D eigenvalue weighted by atomic mass is 10.2. The highest BCUT2D eigenvalue weighted by Gasteiger charge is 2.08. The van der Waals surface area contributed by atoms with Crippen molar-refractivity contribution in [3.8, 4) is 0 Å². The van der Waals surface area contributed by atoms with Crippen LogP contribution in [0.2, 0.25) is 0 Å². The molecule has 0 amide bonds. The molecule has 0 radical (unpaired) electrons. The first-order chi connectivity index (χ1) is 7.99. The third-order valence-electron chi connectivity index (χ3n) is 2.50. The predicted octanol–water partition coefficient (Wildman–Crippen LogP) is 3.26. The van der Waals surface area contributed by atoms with Crippen LogP contribution in [0.15, 0.2) is 10.5 Å². The highest BCUT2D eigenvalue weighted by molar-refractivity contribution is 5.20. The van der Waals surface area contributed by atoms with Gasteiger partial charge in [0.25, 0.3) is 0 Å². The second-order valence-corrected chi connectivity index (χ2v) is 5.18. The quantitative estimate of drug-likeness (QED) is 0.793. The molecule has 1 rings (SSSR count). The molecule has 0 fully saturated rings. The van der Waals surface area contributed by atoms with Gasteiger partial charge in [0, 0.05) is 12.1 Å². The maximum Gasteiger partial charge on any atom is 0.130 e. The van der Waals surface area contributed by atoms with Crippen molar-refractivity contribution in [3.05, 3.63) is 23.2 Å². The van der Waals surface area contributed by atoms with Crippen LogP contribution >= 0.6 is 0 Å². The zero-order valence-corrected chi connectivity index (χ0v) is 11.7. The molecule has 0 aliphatic carbocycles. The minimum atomic E-state index is 0.239. The number of nitrogens with one attached hydrogen (secondary N) is 1. The Kier molecular flexibility index (Phi) is 5.72. The van der Waals surface area contributed by atoms with Gasteiger partial charge in [-0.05, 0) is 39.3 Å². The summed E-state index contributed by atoms with van der Waals surface area (Å²) < 4.78 is 11.2. The molecule has 0 aliphatic heterocycles. The Morgan fingerprint density at radius 2 is 2.00 bits per heavy atom. The summed E-state index contributed by atoms with van der Waals surface area (Å²) in [5.41, 5.74) is 1.23. The maximum atomic E-state index is 5.66. The number of furan rings is 1. The van der Waals surface area contributed by atoms with Crippen molar-refractivity contribution in [2.75, 3.05) is 6.54 Å². The third-order valence-corrected chi connectivity index (χ3v) is 2.50. The highest BCUT2D eigenvalue weighted by atomic mass is 16.5. The van der Waals surface area contributed by atoms with Crippen molar-refractivity contribution in [1.29, 1.82) is 0 Å². The Balaban J connectivity index is 2.44. The Morgan fingerprint density at radius 3 is 2.59 bits per heavy atom. The van der Waals surface area contributed by atoms with Gasteiger partial charge in [-0.15, -0.1) is 0 Å². The van der Waals surface area contributed by atoms with E-state index in [1.165, 1.54) is 5.56 Å². The van der Waals surface area contributed by atoms with Gasteiger partial charge < -0.3 is 14.5 Å². The summed E-state index contributed by atoms with van der Waals surface area (Å²) in [6.45, 7) is 12.9. The van der Waals surface area contributed by atoms with Crippen LogP contribution in [0, 0.1) is 12.8 Å². The minimum absolute atomic E-state index is 0.239. The third kappa shape index (κ3) is 5.37. The molecule has 0 aliphatic rings. The van der Waals surface area contributed by atoms with Gasteiger partial charge in [0.1, 0.15) is 18.1 Å². The summed E-state index contributed by atoms with van der Waals surface area (Å²) in [4.78, 5) is 0. The molecule has 0 aromatic carbocycles. The molecule has 0 bridgehead atoms. The minimum Gasteiger partial charge on any atom is -0.464 e. The molecular formula is C14H25NO2. The van der Waals surface area contributed by atoms with Crippen LogP contribution in [0.5, 0.6) is 0 Å². The normalized spacial score (nSPS) is 11.7. The van der Waals surface area contributed by atoms with E-state index in [9.17, 15) is 0 Å². The number of aryl methyl sites for hydroxylation is 1. The van der Waals surface area contributed by atoms with Crippen LogP contribution in [0.3, 0.4) is 0 Å². The number of ether oxygens (including phenoxy) is 1. The molecule has 0 unspecified atom stereocenters. The smallest absolute Gasteiger partial charge is 0.130 e. The summed E-state index contributed by atoms with van der Waals surface area (Å²) in [6, 6.07) is 2.09. The van der Waals surface area contributed by atoms with Gasteiger partial charge in [0.2, 0.25) is 0 Å². The Hall–Kier alpha value is -0.800. The van der Waals surface area contributed by atoms with Crippen LogP contribution in [-0.2, 0) is 17.9 Å². The fourth-order valence-electron chi connectivity index (χ4n) is 1.58. The van der Waals surface area contributed by atoms with Crippen molar-refractivity contribution in [3.63, 3.8) is 0 Å². The van der Waals surface area contributed by atoms with E-state index >= 15 is 0 Å². The molecule has 1 aromatic rings. The molecule has 1 heterocycles. The molecule has 17 heavy (non-hydrogen) atoms. The maximum absolute atomic E-state index is 5.66. The summed E-state index contributed by atoms with van der Waals surface area (Å²) in [5, 5.41) is 3.42. The lowest BCUT2D eigenvalue weighted by Crippen LogP contribution is -2.18. The molecule has 1 aromatic heterocycles. The molecule has 0 saturated heterocycles. The largest absolute Gasteiger partial charge is 0.464 e. The topological polar surface area (TPSA) is 34.4 Å². The molecule has 3 heteroatoms. The zero-order valence-electron chi connectivity index (χ0n) is 11.7. The first-order valence-corrected chi connectivity index (χ1v) is 6.39. The van der Waals surface area contributed by atoms with Crippen molar-refractivity contribution < 1.29 is 9.15 Å². The first-order valence-electron chi connectivity index (χ1n) is 6.39. The van der Waals surface area contributed by atoms with Gasteiger partial charge >= 0.3 is 0 Å². The molecular weight excluding hydrogens is 214 g/mol. The first kappa shape index (κ1) is 14.3. The second-order valence-electron chi connectivity index (χ2n) is 5.18. The van der Waals surface area contributed by atoms with E-state index < -0.39 is 0 Å². The predicted molar refractivity (Wildman–Crippen MR) is 69.9 cm³/mol. The van der Waals surface area contributed by atoms with Crippen LogP contribution < -0.4 is 5.32 Å². The molecule has 1 N–H and O–H groups in total. The van der Waals surface area contributed by atoms with Crippen molar-refractivity contribution in [2.45, 2.75) is 53.9 Å². The van der Waals surface area contributed by atoms with E-state index in [0.29, 0.717) is 12.5 Å². The van der Waals surface area contributed by atoms with E-state index in [-0.39, 0.29) is 6.10 Å². The summed E-state index contributed by atoms with van der Waals surface area (Å²) in [5.74, 6) is 2.58. The number of hydrogen-bond acceptors (Lipinski definition) is 3. The lowest BCUT2D eigenvalue weighted by Gasteiger charge is -2.05. The van der Waals surface area contributed by atoms with Crippen molar-refractivity contribution >= 4 is 0 Å². The van der Waals surface area contributed by atoms with Gasteiger partial charge in [-0.2, -0.15) is 0 Å². The van der Waals surface area contributed by atoms with Gasteiger partial charge in [-0.25, -0.2) is 0 Å². The van der Waals surface area contributed by atoms with Gasteiger partial charge in [0.15, 0.2) is 0 Å². The Labute approximate surface area is 105 Å². The van der Waals surface area contributed by atoms with Gasteiger partial charge in [0.05, 0.1) is 6.10 Å². The van der Waals surface area contributed by atoms with Crippen LogP contribution in [0.1, 0.15) is 44.8 Å².